The third kappa shape index (κ3) is 1.57. The first-order valence-corrected chi connectivity index (χ1v) is 5.62. The van der Waals surface area contributed by atoms with Crippen LogP contribution >= 0.6 is 10.7 Å². The number of rotatable bonds is 1. The Hall–Kier alpha value is -0.470. The van der Waals surface area contributed by atoms with Crippen LogP contribution in [0.2, 0.25) is 0 Å². The topological polar surface area (TPSA) is 49.4 Å². The van der Waals surface area contributed by atoms with Gasteiger partial charge in [0.15, 0.2) is 0 Å². The van der Waals surface area contributed by atoms with Gasteiger partial charge in [0.25, 0.3) is 13.9 Å². The fourth-order valence-electron chi connectivity index (χ4n) is 0.985. The first-order chi connectivity index (χ1) is 6.10. The Labute approximate surface area is 82.7 Å². The van der Waals surface area contributed by atoms with E-state index in [4.69, 9.17) is 10.7 Å². The van der Waals surface area contributed by atoms with Crippen LogP contribution in [0.3, 0.4) is 0 Å². The largest absolute Gasteiger partial charge is 0.427 e. The van der Waals surface area contributed by atoms with E-state index in [1.807, 2.05) is 0 Å². The molecule has 82 valence electrons. The summed E-state index contributed by atoms with van der Waals surface area (Å²) in [5.41, 5.74) is 1.72. The number of hydrogen-bond acceptors (Lipinski definition) is 4. The zero-order valence-electron chi connectivity index (χ0n) is 6.84. The van der Waals surface area contributed by atoms with E-state index in [9.17, 15) is 21.6 Å². The van der Waals surface area contributed by atoms with Gasteiger partial charge < -0.3 is 5.01 Å². The average molecular weight is 251 g/mol. The van der Waals surface area contributed by atoms with Gasteiger partial charge in [0.1, 0.15) is 0 Å². The van der Waals surface area contributed by atoms with Gasteiger partial charge in [-0.1, -0.05) is 0 Å². The molecule has 1 atom stereocenters. The highest BCUT2D eigenvalue weighted by Crippen LogP contribution is 2.40. The summed E-state index contributed by atoms with van der Waals surface area (Å²) in [7, 11) is 1.14. The van der Waals surface area contributed by atoms with Crippen molar-refractivity contribution < 1.29 is 21.6 Å². The minimum atomic E-state index is -5.02. The predicted molar refractivity (Wildman–Crippen MR) is 43.6 cm³/mol. The molecule has 0 bridgehead atoms. The number of hydrazine groups is 1. The molecule has 4 nitrogen and oxygen atoms in total. The van der Waals surface area contributed by atoms with Gasteiger partial charge in [-0.05, 0) is 6.08 Å². The van der Waals surface area contributed by atoms with Crippen molar-refractivity contribution in [2.45, 2.75) is 11.0 Å². The molecule has 0 aromatic carbocycles. The van der Waals surface area contributed by atoms with Crippen LogP contribution in [0.25, 0.3) is 0 Å². The van der Waals surface area contributed by atoms with Gasteiger partial charge in [0.05, 0.1) is 0 Å². The van der Waals surface area contributed by atoms with E-state index in [1.165, 1.54) is 7.05 Å². The molecule has 0 spiro atoms. The number of hydrogen-bond donors (Lipinski definition) is 1. The Morgan fingerprint density at radius 1 is 1.50 bits per heavy atom. The first kappa shape index (κ1) is 11.6. The summed E-state index contributed by atoms with van der Waals surface area (Å²) in [6.07, 6.45) is -3.63. The van der Waals surface area contributed by atoms with Crippen molar-refractivity contribution in [2.24, 2.45) is 0 Å². The van der Waals surface area contributed by atoms with Gasteiger partial charge in [-0.25, -0.2) is 13.8 Å². The summed E-state index contributed by atoms with van der Waals surface area (Å²) in [6.45, 7) is 0. The SMILES string of the molecule is CN1C=CC(C(F)(F)F)(S(=O)(=O)Cl)N1. The maximum atomic E-state index is 12.5. The van der Waals surface area contributed by atoms with E-state index < -0.39 is 20.1 Å². The summed E-state index contributed by atoms with van der Waals surface area (Å²) in [5.74, 6) is 0. The van der Waals surface area contributed by atoms with Crippen LogP contribution in [0, 0.1) is 0 Å². The molecule has 0 aliphatic carbocycles. The molecule has 0 amide bonds. The molecule has 1 heterocycles. The van der Waals surface area contributed by atoms with Crippen molar-refractivity contribution in [3.63, 3.8) is 0 Å². The van der Waals surface area contributed by atoms with E-state index in [1.54, 1.807) is 5.43 Å². The Balaban J connectivity index is 3.28. The fraction of sp³-hybridized carbons (Fsp3) is 0.600. The highest BCUT2D eigenvalue weighted by Gasteiger charge is 2.64. The zero-order chi connectivity index (χ0) is 11.2. The van der Waals surface area contributed by atoms with Gasteiger partial charge in [0, 0.05) is 23.9 Å². The molecule has 1 aliphatic heterocycles. The molecule has 0 aromatic rings. The Morgan fingerprint density at radius 3 is 2.14 bits per heavy atom. The Kier molecular flexibility index (Phi) is 2.49. The van der Waals surface area contributed by atoms with E-state index >= 15 is 0 Å². The quantitative estimate of drug-likeness (QED) is 0.699. The minimum Gasteiger partial charge on any atom is -0.317 e. The van der Waals surface area contributed by atoms with Crippen LogP contribution in [0.15, 0.2) is 12.3 Å². The maximum Gasteiger partial charge on any atom is 0.427 e. The van der Waals surface area contributed by atoms with Crippen molar-refractivity contribution in [1.82, 2.24) is 10.4 Å². The lowest BCUT2D eigenvalue weighted by Crippen LogP contribution is -2.59. The molecule has 9 heteroatoms. The molecule has 1 N–H and O–H groups in total. The first-order valence-electron chi connectivity index (χ1n) is 3.31. The second-order valence-corrected chi connectivity index (χ2v) is 5.45. The fourth-order valence-corrected chi connectivity index (χ4v) is 2.26. The van der Waals surface area contributed by atoms with E-state index in [-0.39, 0.29) is 0 Å². The van der Waals surface area contributed by atoms with E-state index in [0.717, 1.165) is 11.2 Å². The Bertz CT molecular complexity index is 366. The summed E-state index contributed by atoms with van der Waals surface area (Å²) in [5, 5.41) is 0.868. The van der Waals surface area contributed by atoms with Crippen molar-refractivity contribution in [3.8, 4) is 0 Å². The molecule has 0 saturated heterocycles. The molecular formula is C5H6ClF3N2O2S. The summed E-state index contributed by atoms with van der Waals surface area (Å²) in [4.78, 5) is -3.23. The van der Waals surface area contributed by atoms with Gasteiger partial charge >= 0.3 is 6.18 Å². The van der Waals surface area contributed by atoms with Crippen LogP contribution in [0.1, 0.15) is 0 Å². The van der Waals surface area contributed by atoms with Crippen LogP contribution < -0.4 is 5.43 Å². The third-order valence-corrected chi connectivity index (χ3v) is 3.64. The van der Waals surface area contributed by atoms with Gasteiger partial charge in [-0.3, -0.25) is 0 Å². The molecule has 0 aromatic heterocycles. The van der Waals surface area contributed by atoms with E-state index in [0.29, 0.717) is 6.08 Å². The molecule has 1 rings (SSSR count). The number of alkyl halides is 3. The minimum absolute atomic E-state index is 0.454. The lowest BCUT2D eigenvalue weighted by atomic mass is 10.3. The Morgan fingerprint density at radius 2 is 2.00 bits per heavy atom. The molecule has 0 fully saturated rings. The average Bonchev–Trinajstić information content (AvgIpc) is 2.28. The molecule has 1 unspecified atom stereocenters. The third-order valence-electron chi connectivity index (χ3n) is 1.68. The van der Waals surface area contributed by atoms with Gasteiger partial charge in [-0.2, -0.15) is 13.2 Å². The second-order valence-electron chi connectivity index (χ2n) is 2.71. The smallest absolute Gasteiger partial charge is 0.317 e. The van der Waals surface area contributed by atoms with Crippen molar-refractivity contribution in [3.05, 3.63) is 12.3 Å². The monoisotopic (exact) mass is 250 g/mol. The molecular weight excluding hydrogens is 245 g/mol. The lowest BCUT2D eigenvalue weighted by molar-refractivity contribution is -0.161. The normalized spacial score (nSPS) is 28.5. The number of halogens is 4. The highest BCUT2D eigenvalue weighted by molar-refractivity contribution is 8.15. The summed E-state index contributed by atoms with van der Waals surface area (Å²) < 4.78 is 59.1. The van der Waals surface area contributed by atoms with Crippen LogP contribution in [-0.4, -0.2) is 31.5 Å². The summed E-state index contributed by atoms with van der Waals surface area (Å²) in [6, 6.07) is 0. The molecule has 1 aliphatic rings. The predicted octanol–water partition coefficient (Wildman–Crippen LogP) is 0.777. The number of nitrogens with zero attached hydrogens (tertiary/aromatic N) is 1. The van der Waals surface area contributed by atoms with Crippen LogP contribution in [-0.2, 0) is 9.05 Å². The molecule has 0 saturated carbocycles. The number of nitrogens with one attached hydrogen (secondary N) is 1. The highest BCUT2D eigenvalue weighted by atomic mass is 35.7. The van der Waals surface area contributed by atoms with Crippen molar-refractivity contribution in [1.29, 1.82) is 0 Å². The maximum absolute atomic E-state index is 12.5. The van der Waals surface area contributed by atoms with Crippen LogP contribution in [0.5, 0.6) is 0 Å². The van der Waals surface area contributed by atoms with Gasteiger partial charge in [0.2, 0.25) is 0 Å². The summed E-state index contributed by atoms with van der Waals surface area (Å²) >= 11 is 0. The second kappa shape index (κ2) is 3.01. The lowest BCUT2D eigenvalue weighted by Gasteiger charge is -2.28. The zero-order valence-corrected chi connectivity index (χ0v) is 8.41. The van der Waals surface area contributed by atoms with Crippen LogP contribution in [0.4, 0.5) is 13.2 Å². The standard InChI is InChI=1S/C5H6ClF3N2O2S/c1-11-3-2-4(10-11,5(7,8)9)14(6,12)13/h2-3,10H,1H3. The molecule has 14 heavy (non-hydrogen) atoms. The molecule has 0 radical (unpaired) electrons. The van der Waals surface area contributed by atoms with E-state index in [2.05, 4.69) is 0 Å². The van der Waals surface area contributed by atoms with Gasteiger partial charge in [-0.15, -0.1) is 0 Å². The van der Waals surface area contributed by atoms with Crippen molar-refractivity contribution >= 4 is 19.7 Å². The van der Waals surface area contributed by atoms with Crippen molar-refractivity contribution in [2.75, 3.05) is 7.05 Å².